The summed E-state index contributed by atoms with van der Waals surface area (Å²) < 4.78 is 5.10. The quantitative estimate of drug-likeness (QED) is 0.676. The number of amides is 3. The van der Waals surface area contributed by atoms with Crippen LogP contribution >= 0.6 is 0 Å². The van der Waals surface area contributed by atoms with Gasteiger partial charge in [-0.3, -0.25) is 4.79 Å². The largest absolute Gasteiger partial charge is 0.497 e. The molecule has 0 saturated heterocycles. The third-order valence-electron chi connectivity index (χ3n) is 3.67. The van der Waals surface area contributed by atoms with Crippen LogP contribution in [0, 0.1) is 6.92 Å². The van der Waals surface area contributed by atoms with E-state index in [9.17, 15) is 9.59 Å². The second kappa shape index (κ2) is 10.0. The van der Waals surface area contributed by atoms with Crippen molar-refractivity contribution in [3.63, 3.8) is 0 Å². The van der Waals surface area contributed by atoms with Crippen LogP contribution < -0.4 is 20.7 Å². The van der Waals surface area contributed by atoms with Gasteiger partial charge in [0, 0.05) is 25.7 Å². The lowest BCUT2D eigenvalue weighted by atomic mass is 10.1. The summed E-state index contributed by atoms with van der Waals surface area (Å²) in [5.74, 6) is 1.11. The van der Waals surface area contributed by atoms with Crippen LogP contribution in [0.15, 0.2) is 42.6 Å². The number of hydrogen-bond acceptors (Lipinski definition) is 4. The molecule has 138 valence electrons. The van der Waals surface area contributed by atoms with Crippen LogP contribution in [-0.4, -0.2) is 37.1 Å². The van der Waals surface area contributed by atoms with Gasteiger partial charge in [0.15, 0.2) is 0 Å². The van der Waals surface area contributed by atoms with Gasteiger partial charge in [0.1, 0.15) is 11.6 Å². The first kappa shape index (κ1) is 19.2. The summed E-state index contributed by atoms with van der Waals surface area (Å²) in [5.41, 5.74) is 2.13. The Morgan fingerprint density at radius 1 is 1.04 bits per heavy atom. The van der Waals surface area contributed by atoms with Gasteiger partial charge in [0.25, 0.3) is 0 Å². The van der Waals surface area contributed by atoms with Crippen molar-refractivity contribution >= 4 is 17.8 Å². The first-order valence-corrected chi connectivity index (χ1v) is 8.44. The van der Waals surface area contributed by atoms with Gasteiger partial charge >= 0.3 is 6.03 Å². The van der Waals surface area contributed by atoms with Crippen LogP contribution in [0.25, 0.3) is 0 Å². The van der Waals surface area contributed by atoms with Crippen molar-refractivity contribution in [1.82, 2.24) is 15.6 Å². The molecule has 0 aliphatic carbocycles. The van der Waals surface area contributed by atoms with Crippen molar-refractivity contribution in [2.24, 2.45) is 0 Å². The summed E-state index contributed by atoms with van der Waals surface area (Å²) in [4.78, 5) is 27.6. The van der Waals surface area contributed by atoms with Crippen LogP contribution in [0.4, 0.5) is 10.6 Å². The lowest BCUT2D eigenvalue weighted by Gasteiger charge is -2.08. The Labute approximate surface area is 153 Å². The fourth-order valence-corrected chi connectivity index (χ4v) is 2.21. The average molecular weight is 356 g/mol. The Bertz CT molecular complexity index is 715. The van der Waals surface area contributed by atoms with E-state index in [1.165, 1.54) is 0 Å². The summed E-state index contributed by atoms with van der Waals surface area (Å²) in [5, 5.41) is 8.11. The minimum absolute atomic E-state index is 0.182. The van der Waals surface area contributed by atoms with E-state index in [0.29, 0.717) is 12.4 Å². The number of hydrogen-bond donors (Lipinski definition) is 3. The number of urea groups is 1. The summed E-state index contributed by atoms with van der Waals surface area (Å²) in [6.07, 6.45) is 2.59. The maximum atomic E-state index is 11.8. The Morgan fingerprint density at radius 3 is 2.42 bits per heavy atom. The minimum Gasteiger partial charge on any atom is -0.497 e. The molecule has 7 heteroatoms. The first-order chi connectivity index (χ1) is 12.6. The van der Waals surface area contributed by atoms with E-state index in [0.717, 1.165) is 23.3 Å². The van der Waals surface area contributed by atoms with Gasteiger partial charge in [-0.1, -0.05) is 18.2 Å². The molecule has 0 atom stereocenters. The highest BCUT2D eigenvalue weighted by Crippen LogP contribution is 2.11. The van der Waals surface area contributed by atoms with E-state index in [1.54, 1.807) is 19.4 Å². The SMILES string of the molecule is COc1ccc(CCNC(=O)NCCC(=O)Nc2ccc(C)cn2)cc1. The van der Waals surface area contributed by atoms with E-state index in [-0.39, 0.29) is 24.9 Å². The predicted molar refractivity (Wildman–Crippen MR) is 100 cm³/mol. The fourth-order valence-electron chi connectivity index (χ4n) is 2.21. The number of carbonyl (C=O) groups excluding carboxylic acids is 2. The third-order valence-corrected chi connectivity index (χ3v) is 3.67. The Kier molecular flexibility index (Phi) is 7.42. The molecule has 26 heavy (non-hydrogen) atoms. The van der Waals surface area contributed by atoms with E-state index < -0.39 is 0 Å². The molecule has 0 bridgehead atoms. The Balaban J connectivity index is 1.59. The van der Waals surface area contributed by atoms with E-state index >= 15 is 0 Å². The van der Waals surface area contributed by atoms with Crippen molar-refractivity contribution in [3.05, 3.63) is 53.7 Å². The number of methoxy groups -OCH3 is 1. The molecule has 0 unspecified atom stereocenters. The Morgan fingerprint density at radius 2 is 1.77 bits per heavy atom. The standard InChI is InChI=1S/C19H24N4O3/c1-14-3-8-17(22-13-14)23-18(24)10-12-21-19(25)20-11-9-15-4-6-16(26-2)7-5-15/h3-8,13H,9-12H2,1-2H3,(H2,20,21,25)(H,22,23,24). The van der Waals surface area contributed by atoms with Gasteiger partial charge in [-0.05, 0) is 42.7 Å². The molecule has 1 heterocycles. The Hall–Kier alpha value is -3.09. The maximum Gasteiger partial charge on any atom is 0.314 e. The van der Waals surface area contributed by atoms with Crippen LogP contribution in [0.3, 0.4) is 0 Å². The molecule has 2 aromatic rings. The summed E-state index contributed by atoms with van der Waals surface area (Å²) in [7, 11) is 1.62. The summed E-state index contributed by atoms with van der Waals surface area (Å²) in [6.45, 7) is 2.69. The molecule has 0 saturated carbocycles. The molecule has 1 aromatic heterocycles. The molecule has 0 radical (unpaired) electrons. The number of carbonyl (C=O) groups is 2. The number of nitrogens with zero attached hydrogens (tertiary/aromatic N) is 1. The predicted octanol–water partition coefficient (Wildman–Crippen LogP) is 2.27. The van der Waals surface area contributed by atoms with Gasteiger partial charge in [0.2, 0.25) is 5.91 Å². The van der Waals surface area contributed by atoms with Crippen LogP contribution in [-0.2, 0) is 11.2 Å². The number of aryl methyl sites for hydroxylation is 1. The lowest BCUT2D eigenvalue weighted by Crippen LogP contribution is -2.38. The van der Waals surface area contributed by atoms with Crippen molar-refractivity contribution in [3.8, 4) is 5.75 Å². The number of aromatic nitrogens is 1. The zero-order valence-corrected chi connectivity index (χ0v) is 15.0. The van der Waals surface area contributed by atoms with Crippen molar-refractivity contribution in [2.75, 3.05) is 25.5 Å². The van der Waals surface area contributed by atoms with Crippen molar-refractivity contribution in [1.29, 1.82) is 0 Å². The third kappa shape index (κ3) is 6.80. The fraction of sp³-hybridized carbons (Fsp3) is 0.316. The molecule has 3 amide bonds. The highest BCUT2D eigenvalue weighted by atomic mass is 16.5. The van der Waals surface area contributed by atoms with E-state index in [2.05, 4.69) is 20.9 Å². The van der Waals surface area contributed by atoms with Crippen LogP contribution in [0.1, 0.15) is 17.5 Å². The van der Waals surface area contributed by atoms with Gasteiger partial charge in [-0.2, -0.15) is 0 Å². The topological polar surface area (TPSA) is 92.4 Å². The number of benzene rings is 1. The van der Waals surface area contributed by atoms with Crippen molar-refractivity contribution in [2.45, 2.75) is 19.8 Å². The average Bonchev–Trinajstić information content (AvgIpc) is 2.64. The number of pyridine rings is 1. The molecule has 0 spiro atoms. The molecular weight excluding hydrogens is 332 g/mol. The number of anilines is 1. The smallest absolute Gasteiger partial charge is 0.314 e. The molecule has 0 fully saturated rings. The van der Waals surface area contributed by atoms with E-state index in [1.807, 2.05) is 37.3 Å². The molecule has 0 aliphatic heterocycles. The summed E-state index contributed by atoms with van der Waals surface area (Å²) >= 11 is 0. The monoisotopic (exact) mass is 356 g/mol. The highest BCUT2D eigenvalue weighted by molar-refractivity contribution is 5.90. The lowest BCUT2D eigenvalue weighted by molar-refractivity contribution is -0.116. The number of ether oxygens (including phenoxy) is 1. The summed E-state index contributed by atoms with van der Waals surface area (Å²) in [6, 6.07) is 11.0. The molecule has 2 rings (SSSR count). The molecular formula is C19H24N4O3. The molecule has 0 aliphatic rings. The van der Waals surface area contributed by atoms with E-state index in [4.69, 9.17) is 4.74 Å². The second-order valence-corrected chi connectivity index (χ2v) is 5.80. The van der Waals surface area contributed by atoms with Gasteiger partial charge < -0.3 is 20.7 Å². The van der Waals surface area contributed by atoms with Crippen molar-refractivity contribution < 1.29 is 14.3 Å². The molecule has 3 N–H and O–H groups in total. The molecule has 7 nitrogen and oxygen atoms in total. The van der Waals surface area contributed by atoms with Gasteiger partial charge in [0.05, 0.1) is 7.11 Å². The maximum absolute atomic E-state index is 11.8. The normalized spacial score (nSPS) is 10.1. The van der Waals surface area contributed by atoms with Gasteiger partial charge in [-0.15, -0.1) is 0 Å². The zero-order valence-electron chi connectivity index (χ0n) is 15.0. The highest BCUT2D eigenvalue weighted by Gasteiger charge is 2.05. The van der Waals surface area contributed by atoms with Gasteiger partial charge in [-0.25, -0.2) is 9.78 Å². The number of nitrogens with one attached hydrogen (secondary N) is 3. The minimum atomic E-state index is -0.292. The first-order valence-electron chi connectivity index (χ1n) is 8.44. The molecule has 1 aromatic carbocycles. The zero-order chi connectivity index (χ0) is 18.8. The second-order valence-electron chi connectivity index (χ2n) is 5.80. The van der Waals surface area contributed by atoms with Crippen LogP contribution in [0.2, 0.25) is 0 Å². The number of rotatable bonds is 8. The van der Waals surface area contributed by atoms with Crippen LogP contribution in [0.5, 0.6) is 5.75 Å².